The highest BCUT2D eigenvalue weighted by Gasteiger charge is 2.30. The van der Waals surface area contributed by atoms with Gasteiger partial charge in [0.25, 0.3) is 0 Å². The Morgan fingerprint density at radius 2 is 1.75 bits per heavy atom. The molecule has 0 bridgehead atoms. The molecular formula is C30H35N3O6S. The van der Waals surface area contributed by atoms with Crippen molar-refractivity contribution in [2.75, 3.05) is 12.9 Å². The summed E-state index contributed by atoms with van der Waals surface area (Å²) in [6, 6.07) is 16.7. The fraction of sp³-hybridized carbons (Fsp3) is 0.333. The molecule has 1 aromatic heterocycles. The van der Waals surface area contributed by atoms with Gasteiger partial charge in [0.2, 0.25) is 11.8 Å². The molecule has 4 N–H and O–H groups in total. The molecule has 10 heteroatoms. The van der Waals surface area contributed by atoms with E-state index in [2.05, 4.69) is 15.6 Å². The van der Waals surface area contributed by atoms with E-state index in [1.54, 1.807) is 19.9 Å². The van der Waals surface area contributed by atoms with Gasteiger partial charge < -0.3 is 25.5 Å². The average molecular weight is 566 g/mol. The summed E-state index contributed by atoms with van der Waals surface area (Å²) in [5, 5.41) is 14.7. The van der Waals surface area contributed by atoms with E-state index in [1.165, 1.54) is 18.9 Å². The lowest BCUT2D eigenvalue weighted by molar-refractivity contribution is -0.140. The number of benzene rings is 2. The summed E-state index contributed by atoms with van der Waals surface area (Å²) >= 11 is 1.35. The number of carboxylic acid groups (broad SMARTS) is 1. The molecule has 0 fully saturated rings. The first-order valence-corrected chi connectivity index (χ1v) is 14.1. The minimum Gasteiger partial charge on any atom is -0.496 e. The van der Waals surface area contributed by atoms with Crippen LogP contribution in [0, 0.1) is 5.92 Å². The molecule has 0 spiro atoms. The topological polar surface area (TPSA) is 138 Å². The van der Waals surface area contributed by atoms with E-state index in [0.29, 0.717) is 17.1 Å². The lowest BCUT2D eigenvalue weighted by atomic mass is 10.0. The van der Waals surface area contributed by atoms with E-state index in [1.807, 2.05) is 60.8 Å². The molecule has 2 amide bonds. The molecule has 2 aromatic carbocycles. The van der Waals surface area contributed by atoms with Crippen molar-refractivity contribution >= 4 is 35.3 Å². The third-order valence-electron chi connectivity index (χ3n) is 6.25. The molecule has 3 aromatic rings. The van der Waals surface area contributed by atoms with Gasteiger partial charge in [-0.25, -0.2) is 0 Å². The van der Waals surface area contributed by atoms with Gasteiger partial charge in [-0.1, -0.05) is 44.2 Å². The highest BCUT2D eigenvalue weighted by Crippen LogP contribution is 2.26. The number of hydrogen-bond acceptors (Lipinski definition) is 6. The minimum absolute atomic E-state index is 0.0398. The van der Waals surface area contributed by atoms with Crippen LogP contribution in [-0.4, -0.2) is 58.6 Å². The molecule has 0 aliphatic carbocycles. The second-order valence-corrected chi connectivity index (χ2v) is 10.7. The fourth-order valence-corrected chi connectivity index (χ4v) is 5.08. The van der Waals surface area contributed by atoms with Gasteiger partial charge in [0.15, 0.2) is 5.78 Å². The van der Waals surface area contributed by atoms with Gasteiger partial charge in [-0.2, -0.15) is 0 Å². The predicted molar refractivity (Wildman–Crippen MR) is 155 cm³/mol. The zero-order valence-electron chi connectivity index (χ0n) is 22.8. The molecular weight excluding hydrogens is 530 g/mol. The van der Waals surface area contributed by atoms with E-state index in [-0.39, 0.29) is 18.1 Å². The predicted octanol–water partition coefficient (Wildman–Crippen LogP) is 3.84. The third kappa shape index (κ3) is 9.01. The molecule has 1 unspecified atom stereocenters. The van der Waals surface area contributed by atoms with Gasteiger partial charge in [0.1, 0.15) is 11.8 Å². The number of carbonyl (C=O) groups excluding carboxylic acids is 3. The number of hydrogen-bond donors (Lipinski definition) is 4. The summed E-state index contributed by atoms with van der Waals surface area (Å²) in [6.45, 7) is 3.53. The number of amides is 2. The first-order chi connectivity index (χ1) is 19.2. The van der Waals surface area contributed by atoms with Crippen LogP contribution in [0.5, 0.6) is 5.75 Å². The van der Waals surface area contributed by atoms with Crippen LogP contribution in [0.4, 0.5) is 0 Å². The Bertz CT molecular complexity index is 1290. The van der Waals surface area contributed by atoms with Crippen LogP contribution < -0.4 is 15.4 Å². The first kappa shape index (κ1) is 30.5. The van der Waals surface area contributed by atoms with Crippen molar-refractivity contribution in [3.8, 4) is 17.0 Å². The molecule has 1 heterocycles. The van der Waals surface area contributed by atoms with E-state index in [9.17, 15) is 24.3 Å². The van der Waals surface area contributed by atoms with Gasteiger partial charge in [-0.15, -0.1) is 11.8 Å². The molecule has 2 atom stereocenters. The van der Waals surface area contributed by atoms with Crippen LogP contribution in [0.1, 0.15) is 31.4 Å². The number of aromatic nitrogens is 1. The molecule has 0 aliphatic heterocycles. The number of methoxy groups -OCH3 is 1. The lowest BCUT2D eigenvalue weighted by Crippen LogP contribution is -2.54. The molecule has 0 saturated carbocycles. The van der Waals surface area contributed by atoms with Gasteiger partial charge >= 0.3 is 5.97 Å². The Hall–Kier alpha value is -4.05. The number of H-pyrrole nitrogens is 1. The van der Waals surface area contributed by atoms with E-state index in [0.717, 1.165) is 16.8 Å². The highest BCUT2D eigenvalue weighted by molar-refractivity contribution is 7.99. The fourth-order valence-electron chi connectivity index (χ4n) is 4.15. The maximum absolute atomic E-state index is 13.2. The molecule has 3 rings (SSSR count). The second-order valence-electron chi connectivity index (χ2n) is 9.68. The average Bonchev–Trinajstić information content (AvgIpc) is 3.46. The van der Waals surface area contributed by atoms with Crippen LogP contribution in [0.15, 0.2) is 66.9 Å². The number of thioether (sulfide) groups is 1. The van der Waals surface area contributed by atoms with Crippen LogP contribution in [0.3, 0.4) is 0 Å². The number of Topliss-reactive ketones (excluding diaryl/α,β-unsaturated/α-hetero) is 1. The molecule has 0 saturated heterocycles. The number of aliphatic carboxylic acids is 1. The third-order valence-corrected chi connectivity index (χ3v) is 7.27. The number of ketones is 1. The number of carboxylic acids is 1. The van der Waals surface area contributed by atoms with Gasteiger partial charge in [0.05, 0.1) is 31.7 Å². The maximum atomic E-state index is 13.2. The largest absolute Gasteiger partial charge is 0.496 e. The summed E-state index contributed by atoms with van der Waals surface area (Å²) in [7, 11) is 1.52. The van der Waals surface area contributed by atoms with Gasteiger partial charge in [0, 0.05) is 23.2 Å². The molecule has 0 aliphatic rings. The molecule has 0 radical (unpaired) electrons. The second kappa shape index (κ2) is 14.9. The Labute approximate surface area is 238 Å². The summed E-state index contributed by atoms with van der Waals surface area (Å²) in [5.41, 5.74) is 3.45. The van der Waals surface area contributed by atoms with E-state index >= 15 is 0 Å². The SMILES string of the molecule is COc1ccc(-c2ccc[nH]2)cc1CC(=O)NC(C(=O)N[C@@H](CC(=O)O)C(=O)CSCc1ccccc1)C(C)C. The summed E-state index contributed by atoms with van der Waals surface area (Å²) < 4.78 is 5.43. The Morgan fingerprint density at radius 1 is 1.00 bits per heavy atom. The molecule has 212 valence electrons. The van der Waals surface area contributed by atoms with Crippen molar-refractivity contribution < 1.29 is 29.0 Å². The zero-order chi connectivity index (χ0) is 29.1. The number of nitrogens with one attached hydrogen (secondary N) is 3. The minimum atomic E-state index is -1.20. The van der Waals surface area contributed by atoms with Crippen LogP contribution in [-0.2, 0) is 31.4 Å². The molecule has 9 nitrogen and oxygen atoms in total. The normalized spacial score (nSPS) is 12.4. The summed E-state index contributed by atoms with van der Waals surface area (Å²) in [6.07, 6.45) is 1.22. The first-order valence-electron chi connectivity index (χ1n) is 12.9. The van der Waals surface area contributed by atoms with Crippen LogP contribution in [0.2, 0.25) is 0 Å². The Kier molecular flexibility index (Phi) is 11.4. The summed E-state index contributed by atoms with van der Waals surface area (Å²) in [4.78, 5) is 53.7. The Morgan fingerprint density at radius 3 is 2.38 bits per heavy atom. The van der Waals surface area contributed by atoms with Crippen molar-refractivity contribution in [3.05, 3.63) is 78.0 Å². The van der Waals surface area contributed by atoms with Gasteiger partial charge in [-0.05, 0) is 47.4 Å². The highest BCUT2D eigenvalue weighted by atomic mass is 32.2. The lowest BCUT2D eigenvalue weighted by Gasteiger charge is -2.25. The van der Waals surface area contributed by atoms with E-state index in [4.69, 9.17) is 4.74 Å². The molecule has 40 heavy (non-hydrogen) atoms. The summed E-state index contributed by atoms with van der Waals surface area (Å²) in [5.74, 6) is -1.76. The quantitative estimate of drug-likeness (QED) is 0.220. The van der Waals surface area contributed by atoms with Crippen molar-refractivity contribution in [2.24, 2.45) is 5.92 Å². The van der Waals surface area contributed by atoms with Crippen molar-refractivity contribution in [1.29, 1.82) is 0 Å². The van der Waals surface area contributed by atoms with Crippen molar-refractivity contribution in [3.63, 3.8) is 0 Å². The zero-order valence-corrected chi connectivity index (χ0v) is 23.6. The van der Waals surface area contributed by atoms with Gasteiger partial charge in [-0.3, -0.25) is 19.2 Å². The van der Waals surface area contributed by atoms with E-state index < -0.39 is 42.1 Å². The number of rotatable bonds is 15. The monoisotopic (exact) mass is 565 g/mol. The standard InChI is InChI=1S/C30H35N3O6S/c1-19(2)29(33-27(35)15-22-14-21(11-12-26(22)39-3)23-10-7-13-31-23)30(38)32-24(16-28(36)37)25(34)18-40-17-20-8-5-4-6-9-20/h4-14,19,24,29,31H,15-18H2,1-3H3,(H,32,38)(H,33,35)(H,36,37)/t24-,29?/m0/s1. The number of carbonyl (C=O) groups is 4. The van der Waals surface area contributed by atoms with Crippen LogP contribution >= 0.6 is 11.8 Å². The smallest absolute Gasteiger partial charge is 0.305 e. The van der Waals surface area contributed by atoms with Crippen molar-refractivity contribution in [1.82, 2.24) is 15.6 Å². The number of ether oxygens (including phenoxy) is 1. The maximum Gasteiger partial charge on any atom is 0.305 e. The van der Waals surface area contributed by atoms with Crippen molar-refractivity contribution in [2.45, 2.75) is 44.5 Å². The van der Waals surface area contributed by atoms with Crippen LogP contribution in [0.25, 0.3) is 11.3 Å². The Balaban J connectivity index is 1.65. The number of aromatic amines is 1.